The predicted octanol–water partition coefficient (Wildman–Crippen LogP) is 2.17. The van der Waals surface area contributed by atoms with Crippen molar-refractivity contribution in [1.29, 1.82) is 0 Å². The zero-order valence-corrected chi connectivity index (χ0v) is 11.1. The molecule has 0 amide bonds. The van der Waals surface area contributed by atoms with Gasteiger partial charge in [-0.25, -0.2) is 0 Å². The van der Waals surface area contributed by atoms with E-state index in [9.17, 15) is 4.21 Å². The van der Waals surface area contributed by atoms with Crippen molar-refractivity contribution in [3.8, 4) is 0 Å². The maximum absolute atomic E-state index is 10.9. The number of hydrogen-bond acceptors (Lipinski definition) is 2. The molecule has 3 atom stereocenters. The molecular weight excluding hydrogens is 206 g/mol. The molecule has 0 aliphatic heterocycles. The quantitative estimate of drug-likeness (QED) is 0.735. The summed E-state index contributed by atoms with van der Waals surface area (Å²) in [6, 6.07) is 0.684. The molecule has 0 spiro atoms. The van der Waals surface area contributed by atoms with Crippen LogP contribution in [0, 0.1) is 11.8 Å². The molecule has 0 saturated heterocycles. The van der Waals surface area contributed by atoms with Crippen LogP contribution in [0.1, 0.15) is 39.5 Å². The van der Waals surface area contributed by atoms with Crippen molar-refractivity contribution in [3.63, 3.8) is 0 Å². The first-order chi connectivity index (χ1) is 7.11. The van der Waals surface area contributed by atoms with E-state index in [1.54, 1.807) is 6.26 Å². The Bertz CT molecular complexity index is 198. The number of rotatable bonds is 5. The van der Waals surface area contributed by atoms with Gasteiger partial charge in [0, 0.05) is 28.9 Å². The van der Waals surface area contributed by atoms with E-state index in [1.807, 2.05) is 0 Å². The van der Waals surface area contributed by atoms with Gasteiger partial charge in [0.15, 0.2) is 0 Å². The van der Waals surface area contributed by atoms with Crippen LogP contribution in [0.25, 0.3) is 0 Å². The van der Waals surface area contributed by atoms with Crippen LogP contribution in [0.2, 0.25) is 0 Å². The molecule has 0 radical (unpaired) electrons. The van der Waals surface area contributed by atoms with Crippen LogP contribution in [0.3, 0.4) is 0 Å². The summed E-state index contributed by atoms with van der Waals surface area (Å²) in [5, 5.41) is 3.64. The van der Waals surface area contributed by atoms with Crippen molar-refractivity contribution in [2.45, 2.75) is 45.6 Å². The lowest BCUT2D eigenvalue weighted by atomic mass is 9.79. The summed E-state index contributed by atoms with van der Waals surface area (Å²) in [4.78, 5) is 0. The molecule has 3 heteroatoms. The molecule has 1 aliphatic rings. The summed E-state index contributed by atoms with van der Waals surface area (Å²) in [6.07, 6.45) is 6.94. The average Bonchev–Trinajstić information content (AvgIpc) is 2.15. The first-order valence-electron chi connectivity index (χ1n) is 6.14. The molecule has 15 heavy (non-hydrogen) atoms. The van der Waals surface area contributed by atoms with Gasteiger partial charge >= 0.3 is 0 Å². The summed E-state index contributed by atoms with van der Waals surface area (Å²) in [5.41, 5.74) is 0. The molecular formula is C12H25NOS. The molecule has 1 aliphatic carbocycles. The van der Waals surface area contributed by atoms with Crippen LogP contribution in [0.15, 0.2) is 0 Å². The molecule has 0 aromatic heterocycles. The highest BCUT2D eigenvalue weighted by molar-refractivity contribution is 7.84. The van der Waals surface area contributed by atoms with E-state index in [0.29, 0.717) is 6.04 Å². The van der Waals surface area contributed by atoms with E-state index in [0.717, 1.165) is 30.6 Å². The van der Waals surface area contributed by atoms with Gasteiger partial charge in [-0.1, -0.05) is 20.3 Å². The van der Waals surface area contributed by atoms with Crippen molar-refractivity contribution in [2.24, 2.45) is 11.8 Å². The largest absolute Gasteiger partial charge is 0.313 e. The highest BCUT2D eigenvalue weighted by atomic mass is 32.2. The Morgan fingerprint density at radius 2 is 1.87 bits per heavy atom. The highest BCUT2D eigenvalue weighted by Gasteiger charge is 2.26. The van der Waals surface area contributed by atoms with Gasteiger partial charge in [0.2, 0.25) is 0 Å². The fourth-order valence-corrected chi connectivity index (χ4v) is 3.18. The van der Waals surface area contributed by atoms with Crippen molar-refractivity contribution >= 4 is 10.8 Å². The van der Waals surface area contributed by atoms with E-state index < -0.39 is 10.8 Å². The van der Waals surface area contributed by atoms with Crippen molar-refractivity contribution in [2.75, 3.05) is 18.6 Å². The van der Waals surface area contributed by atoms with Crippen LogP contribution < -0.4 is 5.32 Å². The Balaban J connectivity index is 2.20. The molecule has 0 heterocycles. The van der Waals surface area contributed by atoms with Gasteiger partial charge < -0.3 is 5.32 Å². The topological polar surface area (TPSA) is 29.1 Å². The minimum absolute atomic E-state index is 0.629. The molecule has 1 saturated carbocycles. The van der Waals surface area contributed by atoms with Gasteiger partial charge in [-0.05, 0) is 37.6 Å². The van der Waals surface area contributed by atoms with E-state index in [-0.39, 0.29) is 0 Å². The third-order valence-electron chi connectivity index (χ3n) is 3.53. The molecule has 3 unspecified atom stereocenters. The summed E-state index contributed by atoms with van der Waals surface area (Å²) < 4.78 is 10.9. The normalized spacial score (nSPS) is 33.9. The van der Waals surface area contributed by atoms with Crippen molar-refractivity contribution in [1.82, 2.24) is 5.32 Å². The SMILES string of the molecule is CC1CCCC(C)C1NCCCS(C)=O. The second kappa shape index (κ2) is 6.64. The third-order valence-corrected chi connectivity index (χ3v) is 4.40. The van der Waals surface area contributed by atoms with Crippen LogP contribution in [-0.4, -0.2) is 28.8 Å². The van der Waals surface area contributed by atoms with Gasteiger partial charge in [0.1, 0.15) is 0 Å². The van der Waals surface area contributed by atoms with Gasteiger partial charge in [-0.2, -0.15) is 0 Å². The number of hydrogen-bond donors (Lipinski definition) is 1. The lowest BCUT2D eigenvalue weighted by molar-refractivity contribution is 0.210. The monoisotopic (exact) mass is 231 g/mol. The Hall–Kier alpha value is 0.110. The summed E-state index contributed by atoms with van der Waals surface area (Å²) in [7, 11) is -0.629. The Labute approximate surface area is 96.7 Å². The average molecular weight is 231 g/mol. The van der Waals surface area contributed by atoms with Gasteiger partial charge in [-0.3, -0.25) is 4.21 Å². The van der Waals surface area contributed by atoms with E-state index in [4.69, 9.17) is 0 Å². The zero-order chi connectivity index (χ0) is 11.3. The molecule has 1 N–H and O–H groups in total. The highest BCUT2D eigenvalue weighted by Crippen LogP contribution is 2.28. The van der Waals surface area contributed by atoms with Crippen LogP contribution in [0.4, 0.5) is 0 Å². The Kier molecular flexibility index (Phi) is 5.83. The molecule has 1 fully saturated rings. The second-order valence-electron chi connectivity index (χ2n) is 5.00. The van der Waals surface area contributed by atoms with Crippen LogP contribution in [0.5, 0.6) is 0 Å². The molecule has 2 nitrogen and oxygen atoms in total. The first-order valence-corrected chi connectivity index (χ1v) is 7.87. The summed E-state index contributed by atoms with van der Waals surface area (Å²) in [6.45, 7) is 5.73. The fourth-order valence-electron chi connectivity index (χ4n) is 2.63. The fraction of sp³-hybridized carbons (Fsp3) is 1.00. The minimum atomic E-state index is -0.629. The molecule has 0 aromatic carbocycles. The van der Waals surface area contributed by atoms with Gasteiger partial charge in [0.05, 0.1) is 0 Å². The molecule has 0 aromatic rings. The lowest BCUT2D eigenvalue weighted by Gasteiger charge is -2.35. The Morgan fingerprint density at radius 3 is 2.40 bits per heavy atom. The molecule has 0 bridgehead atoms. The maximum atomic E-state index is 10.9. The summed E-state index contributed by atoms with van der Waals surface area (Å²) in [5.74, 6) is 2.45. The second-order valence-corrected chi connectivity index (χ2v) is 6.55. The van der Waals surface area contributed by atoms with Crippen LogP contribution in [-0.2, 0) is 10.8 Å². The number of nitrogens with one attached hydrogen (secondary N) is 1. The smallest absolute Gasteiger partial charge is 0.0244 e. The Morgan fingerprint density at radius 1 is 1.27 bits per heavy atom. The van der Waals surface area contributed by atoms with E-state index >= 15 is 0 Å². The summed E-state index contributed by atoms with van der Waals surface area (Å²) >= 11 is 0. The predicted molar refractivity (Wildman–Crippen MR) is 67.5 cm³/mol. The third kappa shape index (κ3) is 4.64. The van der Waals surface area contributed by atoms with Crippen molar-refractivity contribution < 1.29 is 4.21 Å². The minimum Gasteiger partial charge on any atom is -0.313 e. The first kappa shape index (κ1) is 13.2. The van der Waals surface area contributed by atoms with E-state index in [2.05, 4.69) is 19.2 Å². The standard InChI is InChI=1S/C12H25NOS/c1-10-6-4-7-11(2)12(10)13-8-5-9-15(3)14/h10-13H,4-9H2,1-3H3. The van der Waals surface area contributed by atoms with Crippen LogP contribution >= 0.6 is 0 Å². The maximum Gasteiger partial charge on any atom is 0.0244 e. The lowest BCUT2D eigenvalue weighted by Crippen LogP contribution is -2.43. The zero-order valence-electron chi connectivity index (χ0n) is 10.3. The van der Waals surface area contributed by atoms with E-state index in [1.165, 1.54) is 19.3 Å². The molecule has 90 valence electrons. The van der Waals surface area contributed by atoms with Gasteiger partial charge in [0.25, 0.3) is 0 Å². The van der Waals surface area contributed by atoms with Crippen molar-refractivity contribution in [3.05, 3.63) is 0 Å². The van der Waals surface area contributed by atoms with Gasteiger partial charge in [-0.15, -0.1) is 0 Å². The molecule has 1 rings (SSSR count).